The standard InChI is InChI=1S/C6H2Cl2N2O/c7-5-4-3(1-2-9-5)11-6(8)10-4/h1-2H. The number of rotatable bonds is 0. The molecular formula is C6H2Cl2N2O. The molecule has 2 heterocycles. The van der Waals surface area contributed by atoms with Crippen molar-refractivity contribution < 1.29 is 4.42 Å². The van der Waals surface area contributed by atoms with Crippen molar-refractivity contribution in [2.24, 2.45) is 0 Å². The Labute approximate surface area is 72.0 Å². The summed E-state index contributed by atoms with van der Waals surface area (Å²) in [6.07, 6.45) is 1.53. The molecule has 2 aromatic rings. The van der Waals surface area contributed by atoms with Crippen LogP contribution in [0.3, 0.4) is 0 Å². The van der Waals surface area contributed by atoms with Crippen LogP contribution in [-0.4, -0.2) is 9.97 Å². The zero-order valence-corrected chi connectivity index (χ0v) is 6.73. The Kier molecular flexibility index (Phi) is 1.47. The Hall–Kier alpha value is -0.800. The largest absolute Gasteiger partial charge is 0.427 e. The molecule has 0 amide bonds. The normalized spacial score (nSPS) is 10.7. The van der Waals surface area contributed by atoms with E-state index in [0.29, 0.717) is 16.3 Å². The quantitative estimate of drug-likeness (QED) is 0.597. The topological polar surface area (TPSA) is 38.9 Å². The van der Waals surface area contributed by atoms with E-state index in [9.17, 15) is 0 Å². The molecule has 0 saturated carbocycles. The van der Waals surface area contributed by atoms with Gasteiger partial charge in [0.25, 0.3) is 5.35 Å². The smallest absolute Gasteiger partial charge is 0.293 e. The molecule has 2 rings (SSSR count). The van der Waals surface area contributed by atoms with Gasteiger partial charge >= 0.3 is 0 Å². The average molecular weight is 189 g/mol. The SMILES string of the molecule is Clc1nc2c(Cl)nccc2o1. The summed E-state index contributed by atoms with van der Waals surface area (Å²) in [7, 11) is 0. The fraction of sp³-hybridized carbons (Fsp3) is 0. The number of hydrogen-bond acceptors (Lipinski definition) is 3. The molecule has 0 aromatic carbocycles. The van der Waals surface area contributed by atoms with Crippen molar-refractivity contribution in [1.82, 2.24) is 9.97 Å². The molecule has 2 aromatic heterocycles. The number of aromatic nitrogens is 2. The molecule has 5 heteroatoms. The molecule has 3 nitrogen and oxygen atoms in total. The van der Waals surface area contributed by atoms with Gasteiger partial charge in [0.15, 0.2) is 10.7 Å². The highest BCUT2D eigenvalue weighted by molar-refractivity contribution is 6.34. The zero-order valence-electron chi connectivity index (χ0n) is 5.21. The van der Waals surface area contributed by atoms with E-state index in [1.807, 2.05) is 0 Å². The van der Waals surface area contributed by atoms with E-state index in [4.69, 9.17) is 27.6 Å². The van der Waals surface area contributed by atoms with Crippen molar-refractivity contribution >= 4 is 34.3 Å². The second-order valence-electron chi connectivity index (χ2n) is 1.92. The fourth-order valence-corrected chi connectivity index (χ4v) is 1.16. The maximum absolute atomic E-state index is 5.68. The predicted octanol–water partition coefficient (Wildman–Crippen LogP) is 2.53. The minimum absolute atomic E-state index is 0.0786. The van der Waals surface area contributed by atoms with Crippen LogP contribution >= 0.6 is 23.2 Å². The summed E-state index contributed by atoms with van der Waals surface area (Å²) >= 11 is 11.2. The number of nitrogens with zero attached hydrogens (tertiary/aromatic N) is 2. The number of oxazole rings is 1. The molecule has 0 aliphatic rings. The van der Waals surface area contributed by atoms with Gasteiger partial charge in [-0.15, -0.1) is 0 Å². The minimum atomic E-state index is 0.0786. The Morgan fingerprint density at radius 3 is 2.91 bits per heavy atom. The lowest BCUT2D eigenvalue weighted by Crippen LogP contribution is -1.74. The first-order valence-corrected chi connectivity index (χ1v) is 3.59. The molecular weight excluding hydrogens is 187 g/mol. The minimum Gasteiger partial charge on any atom is -0.427 e. The monoisotopic (exact) mass is 188 g/mol. The molecule has 0 aliphatic heterocycles. The molecule has 0 radical (unpaired) electrons. The summed E-state index contributed by atoms with van der Waals surface area (Å²) in [6.45, 7) is 0. The molecule has 0 N–H and O–H groups in total. The molecule has 11 heavy (non-hydrogen) atoms. The summed E-state index contributed by atoms with van der Waals surface area (Å²) in [6, 6.07) is 1.65. The molecule has 0 unspecified atom stereocenters. The van der Waals surface area contributed by atoms with Crippen molar-refractivity contribution in [3.8, 4) is 0 Å². The maximum atomic E-state index is 5.68. The van der Waals surface area contributed by atoms with Gasteiger partial charge in [0.1, 0.15) is 5.52 Å². The van der Waals surface area contributed by atoms with E-state index in [-0.39, 0.29) is 5.35 Å². The van der Waals surface area contributed by atoms with Crippen LogP contribution in [0.5, 0.6) is 0 Å². The fourth-order valence-electron chi connectivity index (χ4n) is 0.797. The second kappa shape index (κ2) is 2.36. The summed E-state index contributed by atoms with van der Waals surface area (Å²) in [5.41, 5.74) is 1.05. The highest BCUT2D eigenvalue weighted by Crippen LogP contribution is 2.22. The molecule has 0 fully saturated rings. The first kappa shape index (κ1) is 6.88. The summed E-state index contributed by atoms with van der Waals surface area (Å²) in [5.74, 6) is 0. The van der Waals surface area contributed by atoms with Crippen LogP contribution in [0.2, 0.25) is 10.5 Å². The van der Waals surface area contributed by atoms with Crippen molar-refractivity contribution in [2.45, 2.75) is 0 Å². The van der Waals surface area contributed by atoms with Gasteiger partial charge in [0, 0.05) is 12.3 Å². The molecule has 0 atom stereocenters. The van der Waals surface area contributed by atoms with Crippen molar-refractivity contribution in [1.29, 1.82) is 0 Å². The number of fused-ring (bicyclic) bond motifs is 1. The van der Waals surface area contributed by atoms with Gasteiger partial charge in [0.05, 0.1) is 0 Å². The highest BCUT2D eigenvalue weighted by atomic mass is 35.5. The second-order valence-corrected chi connectivity index (χ2v) is 2.60. The van der Waals surface area contributed by atoms with Crippen molar-refractivity contribution in [3.63, 3.8) is 0 Å². The van der Waals surface area contributed by atoms with Crippen LogP contribution in [0.1, 0.15) is 0 Å². The van der Waals surface area contributed by atoms with E-state index >= 15 is 0 Å². The Balaban J connectivity index is 2.90. The van der Waals surface area contributed by atoms with E-state index < -0.39 is 0 Å². The Morgan fingerprint density at radius 2 is 2.18 bits per heavy atom. The van der Waals surface area contributed by atoms with E-state index in [0.717, 1.165) is 0 Å². The van der Waals surface area contributed by atoms with Crippen LogP contribution in [0.25, 0.3) is 11.1 Å². The van der Waals surface area contributed by atoms with E-state index in [2.05, 4.69) is 9.97 Å². The predicted molar refractivity (Wildman–Crippen MR) is 41.8 cm³/mol. The van der Waals surface area contributed by atoms with Crippen molar-refractivity contribution in [2.75, 3.05) is 0 Å². The van der Waals surface area contributed by atoms with Crippen LogP contribution in [0.4, 0.5) is 0 Å². The first-order chi connectivity index (χ1) is 5.27. The van der Waals surface area contributed by atoms with E-state index in [1.54, 1.807) is 6.07 Å². The molecule has 56 valence electrons. The lowest BCUT2D eigenvalue weighted by atomic mass is 10.4. The third kappa shape index (κ3) is 1.06. The lowest BCUT2D eigenvalue weighted by molar-refractivity contribution is 0.604. The number of pyridine rings is 1. The van der Waals surface area contributed by atoms with Crippen molar-refractivity contribution in [3.05, 3.63) is 22.8 Å². The van der Waals surface area contributed by atoms with Crippen LogP contribution in [0, 0.1) is 0 Å². The summed E-state index contributed by atoms with van der Waals surface area (Å²) < 4.78 is 4.98. The Bertz CT molecular complexity index is 398. The first-order valence-electron chi connectivity index (χ1n) is 2.84. The third-order valence-corrected chi connectivity index (χ3v) is 1.67. The van der Waals surface area contributed by atoms with Gasteiger partial charge in [-0.05, 0) is 11.6 Å². The lowest BCUT2D eigenvalue weighted by Gasteiger charge is -1.85. The number of halogens is 2. The van der Waals surface area contributed by atoms with Gasteiger partial charge in [-0.25, -0.2) is 4.98 Å². The summed E-state index contributed by atoms with van der Waals surface area (Å²) in [4.78, 5) is 7.62. The maximum Gasteiger partial charge on any atom is 0.293 e. The van der Waals surface area contributed by atoms with Crippen LogP contribution in [0.15, 0.2) is 16.7 Å². The molecule has 0 spiro atoms. The summed E-state index contributed by atoms with van der Waals surface area (Å²) in [5, 5.41) is 0.382. The molecule has 0 saturated heterocycles. The van der Waals surface area contributed by atoms with Gasteiger partial charge in [-0.3, -0.25) is 0 Å². The van der Waals surface area contributed by atoms with E-state index in [1.165, 1.54) is 6.20 Å². The van der Waals surface area contributed by atoms with Gasteiger partial charge in [-0.1, -0.05) is 11.6 Å². The number of hydrogen-bond donors (Lipinski definition) is 0. The van der Waals surface area contributed by atoms with Crippen LogP contribution in [-0.2, 0) is 0 Å². The molecule has 0 aliphatic carbocycles. The van der Waals surface area contributed by atoms with Gasteiger partial charge < -0.3 is 4.42 Å². The van der Waals surface area contributed by atoms with Gasteiger partial charge in [0.2, 0.25) is 0 Å². The molecule has 0 bridgehead atoms. The average Bonchev–Trinajstić information content (AvgIpc) is 2.31. The zero-order chi connectivity index (χ0) is 7.84. The third-order valence-electron chi connectivity index (χ3n) is 1.24. The highest BCUT2D eigenvalue weighted by Gasteiger charge is 2.06. The van der Waals surface area contributed by atoms with Crippen LogP contribution < -0.4 is 0 Å². The Morgan fingerprint density at radius 1 is 1.36 bits per heavy atom. The van der Waals surface area contributed by atoms with Gasteiger partial charge in [-0.2, -0.15) is 4.98 Å².